The fourth-order valence-electron chi connectivity index (χ4n) is 2.86. The number of nitrogens with zero attached hydrogens (tertiary/aromatic N) is 3. The van der Waals surface area contributed by atoms with Crippen LogP contribution in [0.15, 0.2) is 89.8 Å². The third-order valence-electron chi connectivity index (χ3n) is 4.33. The summed E-state index contributed by atoms with van der Waals surface area (Å²) in [5, 5.41) is 15.8. The van der Waals surface area contributed by atoms with Crippen LogP contribution in [0.3, 0.4) is 0 Å². The highest BCUT2D eigenvalue weighted by Gasteiger charge is 2.22. The van der Waals surface area contributed by atoms with Crippen LogP contribution in [0.25, 0.3) is 16.9 Å². The maximum Gasteiger partial charge on any atom is 0.340 e. The Hall–Kier alpha value is -3.69. The Morgan fingerprint density at radius 3 is 2.29 bits per heavy atom. The van der Waals surface area contributed by atoms with Gasteiger partial charge >= 0.3 is 10.1 Å². The van der Waals surface area contributed by atoms with Crippen LogP contribution < -0.4 is 4.18 Å². The predicted octanol–water partition coefficient (Wildman–Crippen LogP) is 4.87. The predicted molar refractivity (Wildman–Crippen MR) is 115 cm³/mol. The Balaban J connectivity index is 1.77. The zero-order valence-corrected chi connectivity index (χ0v) is 17.3. The number of nitro groups is 1. The molecule has 1 heterocycles. The molecule has 0 saturated carbocycles. The van der Waals surface area contributed by atoms with Gasteiger partial charge in [0.25, 0.3) is 5.69 Å². The van der Waals surface area contributed by atoms with Gasteiger partial charge in [0.15, 0.2) is 0 Å². The van der Waals surface area contributed by atoms with Crippen molar-refractivity contribution in [1.29, 1.82) is 0 Å². The average Bonchev–Trinajstić information content (AvgIpc) is 3.17. The number of rotatable bonds is 6. The maximum absolute atomic E-state index is 12.8. The number of hydrogen-bond acceptors (Lipinski definition) is 6. The van der Waals surface area contributed by atoms with E-state index in [9.17, 15) is 18.5 Å². The van der Waals surface area contributed by atoms with Gasteiger partial charge in [-0.05, 0) is 30.3 Å². The molecule has 3 aromatic carbocycles. The van der Waals surface area contributed by atoms with Crippen LogP contribution in [0.4, 0.5) is 5.69 Å². The third-order valence-corrected chi connectivity index (χ3v) is 5.81. The van der Waals surface area contributed by atoms with Gasteiger partial charge in [-0.25, -0.2) is 0 Å². The summed E-state index contributed by atoms with van der Waals surface area (Å²) in [6.45, 7) is 0. The lowest BCUT2D eigenvalue weighted by Gasteiger charge is -2.09. The van der Waals surface area contributed by atoms with Gasteiger partial charge in [0.2, 0.25) is 5.88 Å². The molecule has 0 unspecified atom stereocenters. The number of halogens is 1. The van der Waals surface area contributed by atoms with Crippen molar-refractivity contribution in [1.82, 2.24) is 9.78 Å². The van der Waals surface area contributed by atoms with Crippen LogP contribution in [0, 0.1) is 10.1 Å². The van der Waals surface area contributed by atoms with Crippen molar-refractivity contribution in [3.05, 3.63) is 100 Å². The van der Waals surface area contributed by atoms with Crippen molar-refractivity contribution in [3.8, 4) is 22.8 Å². The van der Waals surface area contributed by atoms with E-state index in [4.69, 9.17) is 15.8 Å². The van der Waals surface area contributed by atoms with E-state index in [2.05, 4.69) is 5.10 Å². The molecule has 0 bridgehead atoms. The lowest BCUT2D eigenvalue weighted by molar-refractivity contribution is -0.384. The van der Waals surface area contributed by atoms with Crippen LogP contribution in [0.2, 0.25) is 5.02 Å². The molecule has 0 radical (unpaired) electrons. The van der Waals surface area contributed by atoms with Gasteiger partial charge in [0.1, 0.15) is 4.90 Å². The van der Waals surface area contributed by atoms with E-state index in [-0.39, 0.29) is 16.5 Å². The first-order chi connectivity index (χ1) is 14.8. The fourth-order valence-corrected chi connectivity index (χ4v) is 3.95. The Bertz CT molecular complexity index is 1350. The normalized spacial score (nSPS) is 11.3. The third kappa shape index (κ3) is 4.42. The summed E-state index contributed by atoms with van der Waals surface area (Å²) >= 11 is 6.09. The highest BCUT2D eigenvalue weighted by molar-refractivity contribution is 7.87. The molecule has 0 aliphatic carbocycles. The minimum absolute atomic E-state index is 0.0560. The Morgan fingerprint density at radius 1 is 0.935 bits per heavy atom. The van der Waals surface area contributed by atoms with E-state index < -0.39 is 15.0 Å². The van der Waals surface area contributed by atoms with Crippen molar-refractivity contribution in [2.24, 2.45) is 0 Å². The first-order valence-electron chi connectivity index (χ1n) is 8.94. The van der Waals surface area contributed by atoms with Crippen LogP contribution in [0.5, 0.6) is 5.88 Å². The zero-order chi connectivity index (χ0) is 22.0. The van der Waals surface area contributed by atoms with Gasteiger partial charge in [0.05, 0.1) is 16.3 Å². The number of benzene rings is 3. The van der Waals surface area contributed by atoms with Crippen molar-refractivity contribution < 1.29 is 17.5 Å². The highest BCUT2D eigenvalue weighted by atomic mass is 35.5. The van der Waals surface area contributed by atoms with Gasteiger partial charge in [-0.15, -0.1) is 0 Å². The first kappa shape index (κ1) is 20.6. The second kappa shape index (κ2) is 8.21. The zero-order valence-electron chi connectivity index (χ0n) is 15.8. The first-order valence-corrected chi connectivity index (χ1v) is 10.7. The summed E-state index contributed by atoms with van der Waals surface area (Å²) in [5.74, 6) is -0.0560. The molecule has 156 valence electrons. The quantitative estimate of drug-likeness (QED) is 0.233. The van der Waals surface area contributed by atoms with Crippen LogP contribution in [0.1, 0.15) is 0 Å². The molecule has 0 saturated heterocycles. The van der Waals surface area contributed by atoms with Gasteiger partial charge in [-0.1, -0.05) is 48.0 Å². The van der Waals surface area contributed by atoms with Crippen molar-refractivity contribution in [3.63, 3.8) is 0 Å². The summed E-state index contributed by atoms with van der Waals surface area (Å²) in [6.07, 6.45) is 0. The van der Waals surface area contributed by atoms with E-state index in [1.165, 1.54) is 10.7 Å². The minimum Gasteiger partial charge on any atom is -0.358 e. The minimum atomic E-state index is -4.28. The Kier molecular flexibility index (Phi) is 5.45. The van der Waals surface area contributed by atoms with Gasteiger partial charge in [-0.2, -0.15) is 18.2 Å². The second-order valence-electron chi connectivity index (χ2n) is 6.41. The monoisotopic (exact) mass is 455 g/mol. The smallest absolute Gasteiger partial charge is 0.340 e. The van der Waals surface area contributed by atoms with Gasteiger partial charge in [0, 0.05) is 28.8 Å². The van der Waals surface area contributed by atoms with Crippen molar-refractivity contribution in [2.45, 2.75) is 4.90 Å². The van der Waals surface area contributed by atoms with Crippen LogP contribution >= 0.6 is 11.6 Å². The van der Waals surface area contributed by atoms with Crippen LogP contribution in [-0.4, -0.2) is 23.1 Å². The maximum atomic E-state index is 12.8. The molecule has 8 nitrogen and oxygen atoms in total. The number of hydrogen-bond donors (Lipinski definition) is 0. The molecule has 31 heavy (non-hydrogen) atoms. The summed E-state index contributed by atoms with van der Waals surface area (Å²) in [4.78, 5) is 9.98. The molecule has 0 fully saturated rings. The molecule has 0 aliphatic rings. The lowest BCUT2D eigenvalue weighted by Crippen LogP contribution is -2.12. The summed E-state index contributed by atoms with van der Waals surface area (Å²) < 4.78 is 32.3. The number of non-ortho nitro benzene ring substituents is 1. The van der Waals surface area contributed by atoms with Gasteiger partial charge in [-0.3, -0.25) is 10.1 Å². The topological polar surface area (TPSA) is 104 Å². The summed E-state index contributed by atoms with van der Waals surface area (Å²) in [6, 6.07) is 21.8. The molecule has 0 amide bonds. The van der Waals surface area contributed by atoms with Crippen LogP contribution in [-0.2, 0) is 10.1 Å². The molecule has 0 N–H and O–H groups in total. The summed E-state index contributed by atoms with van der Waals surface area (Å²) in [7, 11) is -4.28. The largest absolute Gasteiger partial charge is 0.358 e. The molecule has 0 atom stereocenters. The summed E-state index contributed by atoms with van der Waals surface area (Å²) in [5.41, 5.74) is 1.54. The van der Waals surface area contributed by atoms with Crippen molar-refractivity contribution in [2.75, 3.05) is 0 Å². The van der Waals surface area contributed by atoms with E-state index in [1.54, 1.807) is 24.3 Å². The standard InChI is InChI=1S/C21H14ClN3O5S/c22-16-7-4-8-18(13-16)24-21(14-20(23-24)15-5-2-1-3-6-15)30-31(28,29)19-11-9-17(10-12-19)25(26)27/h1-14H. The van der Waals surface area contributed by atoms with E-state index in [1.807, 2.05) is 30.3 Å². The molecule has 10 heteroatoms. The molecule has 0 spiro atoms. The molecule has 4 rings (SSSR count). The fraction of sp³-hybridized carbons (Fsp3) is 0. The lowest BCUT2D eigenvalue weighted by atomic mass is 10.2. The SMILES string of the molecule is O=[N+]([O-])c1ccc(S(=O)(=O)Oc2cc(-c3ccccc3)nn2-c2cccc(Cl)c2)cc1. The Labute approximate surface area is 182 Å². The number of nitro benzene ring substituents is 1. The molecular formula is C21H14ClN3O5S. The highest BCUT2D eigenvalue weighted by Crippen LogP contribution is 2.29. The molecule has 4 aromatic rings. The molecule has 0 aliphatic heterocycles. The Morgan fingerprint density at radius 2 is 1.65 bits per heavy atom. The average molecular weight is 456 g/mol. The van der Waals surface area contributed by atoms with E-state index in [0.29, 0.717) is 16.4 Å². The second-order valence-corrected chi connectivity index (χ2v) is 8.40. The molecular weight excluding hydrogens is 442 g/mol. The van der Waals surface area contributed by atoms with E-state index in [0.717, 1.165) is 29.8 Å². The molecule has 1 aromatic heterocycles. The number of aromatic nitrogens is 2. The van der Waals surface area contributed by atoms with Gasteiger partial charge < -0.3 is 4.18 Å². The van der Waals surface area contributed by atoms with Crippen molar-refractivity contribution >= 4 is 27.4 Å². The van der Waals surface area contributed by atoms with E-state index >= 15 is 0 Å².